The lowest BCUT2D eigenvalue weighted by Gasteiger charge is -2.13. The van der Waals surface area contributed by atoms with Crippen molar-refractivity contribution in [2.45, 2.75) is 32.8 Å². The molecule has 0 aliphatic carbocycles. The average Bonchev–Trinajstić information content (AvgIpc) is 3.32. The van der Waals surface area contributed by atoms with E-state index in [9.17, 15) is 14.4 Å². The molecule has 34 heavy (non-hydrogen) atoms. The zero-order chi connectivity index (χ0) is 24.5. The molecule has 0 unspecified atom stereocenters. The molecule has 1 saturated heterocycles. The molecular weight excluding hydrogens is 504 g/mol. The number of rotatable bonds is 8. The minimum absolute atomic E-state index is 0.0482. The molecular formula is C24H27BrN4O5. The van der Waals surface area contributed by atoms with Crippen molar-refractivity contribution in [2.75, 3.05) is 25.1 Å². The summed E-state index contributed by atoms with van der Waals surface area (Å²) < 4.78 is 11.9. The van der Waals surface area contributed by atoms with Crippen LogP contribution in [-0.2, 0) is 19.1 Å². The zero-order valence-electron chi connectivity index (χ0n) is 19.0. The first-order valence-electron chi connectivity index (χ1n) is 10.8. The van der Waals surface area contributed by atoms with Crippen LogP contribution in [0.4, 0.5) is 5.69 Å². The Balaban J connectivity index is 1.45. The molecule has 0 saturated carbocycles. The van der Waals surface area contributed by atoms with E-state index in [1.807, 2.05) is 26.0 Å². The van der Waals surface area contributed by atoms with Gasteiger partial charge in [-0.2, -0.15) is 5.10 Å². The van der Waals surface area contributed by atoms with Crippen LogP contribution in [0.2, 0.25) is 0 Å². The second-order valence-electron chi connectivity index (χ2n) is 7.87. The summed E-state index contributed by atoms with van der Waals surface area (Å²) >= 11 is 3.44. The number of carbonyl (C=O) groups excluding carboxylic acids is 3. The van der Waals surface area contributed by atoms with Crippen molar-refractivity contribution in [1.29, 1.82) is 0 Å². The van der Waals surface area contributed by atoms with Crippen molar-refractivity contribution in [3.05, 3.63) is 57.6 Å². The van der Waals surface area contributed by atoms with Crippen LogP contribution >= 0.6 is 15.9 Å². The van der Waals surface area contributed by atoms with Gasteiger partial charge in [0.1, 0.15) is 5.75 Å². The average molecular weight is 531 g/mol. The molecule has 2 aromatic carbocycles. The highest BCUT2D eigenvalue weighted by Gasteiger charge is 2.19. The molecule has 10 heteroatoms. The Morgan fingerprint density at radius 3 is 2.65 bits per heavy atom. The first kappa shape index (κ1) is 25.4. The number of halogens is 1. The molecule has 180 valence electrons. The van der Waals surface area contributed by atoms with Gasteiger partial charge < -0.3 is 20.1 Å². The largest absolute Gasteiger partial charge is 0.484 e. The first-order valence-corrected chi connectivity index (χ1v) is 11.6. The number of anilines is 1. The molecule has 1 atom stereocenters. The smallest absolute Gasteiger partial charge is 0.329 e. The van der Waals surface area contributed by atoms with E-state index in [1.54, 1.807) is 24.3 Å². The van der Waals surface area contributed by atoms with Crippen molar-refractivity contribution in [3.8, 4) is 5.75 Å². The van der Waals surface area contributed by atoms with Gasteiger partial charge in [-0.25, -0.2) is 5.43 Å². The van der Waals surface area contributed by atoms with Crippen LogP contribution in [0.25, 0.3) is 0 Å². The van der Waals surface area contributed by atoms with Gasteiger partial charge in [0.05, 0.1) is 12.3 Å². The molecule has 3 N–H and O–H groups in total. The number of ether oxygens (including phenoxy) is 2. The number of nitrogens with one attached hydrogen (secondary N) is 3. The molecule has 2 aromatic rings. The maximum Gasteiger partial charge on any atom is 0.329 e. The Morgan fingerprint density at radius 1 is 1.18 bits per heavy atom. The molecule has 0 aromatic heterocycles. The quantitative estimate of drug-likeness (QED) is 0.275. The summed E-state index contributed by atoms with van der Waals surface area (Å²) in [7, 11) is 0. The summed E-state index contributed by atoms with van der Waals surface area (Å²) in [6, 6.07) is 10.7. The third-order valence-electron chi connectivity index (χ3n) is 5.09. The van der Waals surface area contributed by atoms with Crippen LogP contribution in [0.3, 0.4) is 0 Å². The Hall–Kier alpha value is -3.24. The van der Waals surface area contributed by atoms with Crippen molar-refractivity contribution in [1.82, 2.24) is 10.7 Å². The summed E-state index contributed by atoms with van der Waals surface area (Å²) in [5.41, 5.74) is 5.46. The number of hydrogen-bond acceptors (Lipinski definition) is 6. The number of benzene rings is 2. The van der Waals surface area contributed by atoms with Gasteiger partial charge in [-0.1, -0.05) is 28.1 Å². The maximum absolute atomic E-state index is 12.3. The maximum atomic E-state index is 12.3. The van der Waals surface area contributed by atoms with Gasteiger partial charge in [-0.3, -0.25) is 14.4 Å². The fourth-order valence-corrected chi connectivity index (χ4v) is 4.11. The third kappa shape index (κ3) is 7.67. The van der Waals surface area contributed by atoms with Crippen LogP contribution < -0.4 is 20.8 Å². The zero-order valence-corrected chi connectivity index (χ0v) is 20.6. The minimum atomic E-state index is -0.864. The highest BCUT2D eigenvalue weighted by molar-refractivity contribution is 9.10. The van der Waals surface area contributed by atoms with E-state index >= 15 is 0 Å². The van der Waals surface area contributed by atoms with Crippen LogP contribution in [0.1, 0.15) is 29.5 Å². The number of carbonyl (C=O) groups is 3. The fraction of sp³-hybridized carbons (Fsp3) is 0.333. The normalized spacial score (nSPS) is 15.2. The second kappa shape index (κ2) is 12.3. The summed E-state index contributed by atoms with van der Waals surface area (Å²) in [5, 5.41) is 9.20. The van der Waals surface area contributed by atoms with E-state index < -0.39 is 11.8 Å². The van der Waals surface area contributed by atoms with Crippen LogP contribution in [0, 0.1) is 13.8 Å². The Labute approximate surface area is 206 Å². The molecule has 1 aliphatic rings. The molecule has 0 bridgehead atoms. The second-order valence-corrected chi connectivity index (χ2v) is 8.78. The van der Waals surface area contributed by atoms with Crippen molar-refractivity contribution < 1.29 is 23.9 Å². The van der Waals surface area contributed by atoms with Gasteiger partial charge in [-0.15, -0.1) is 0 Å². The van der Waals surface area contributed by atoms with Gasteiger partial charge in [0.15, 0.2) is 6.61 Å². The Bertz CT molecular complexity index is 1060. The van der Waals surface area contributed by atoms with Gasteiger partial charge in [-0.05, 0) is 67.6 Å². The number of amides is 3. The predicted octanol–water partition coefficient (Wildman–Crippen LogP) is 2.83. The summed E-state index contributed by atoms with van der Waals surface area (Å²) in [4.78, 5) is 36.0. The Morgan fingerprint density at radius 2 is 1.94 bits per heavy atom. The minimum Gasteiger partial charge on any atom is -0.484 e. The van der Waals surface area contributed by atoms with Crippen molar-refractivity contribution >= 4 is 45.6 Å². The highest BCUT2D eigenvalue weighted by Crippen LogP contribution is 2.25. The standard InChI is InChI=1S/C24H27BrN4O5/c1-15-9-18(25)10-16(2)22(15)28-21(30)14-34-19-6-3-5-17(11-19)12-27-29-24(32)23(31)26-13-20-7-4-8-33-20/h3,5-6,9-12,20H,4,7-8,13-14H2,1-2H3,(H,26,31)(H,28,30)(H,29,32)/b27-12-/t20-/m0/s1. The number of hydrazone groups is 1. The van der Waals surface area contributed by atoms with Gasteiger partial charge >= 0.3 is 11.8 Å². The van der Waals surface area contributed by atoms with E-state index in [-0.39, 0.29) is 18.6 Å². The molecule has 1 fully saturated rings. The van der Waals surface area contributed by atoms with E-state index in [4.69, 9.17) is 9.47 Å². The van der Waals surface area contributed by atoms with E-state index in [2.05, 4.69) is 37.1 Å². The lowest BCUT2D eigenvalue weighted by molar-refractivity contribution is -0.139. The first-order chi connectivity index (χ1) is 16.3. The molecule has 1 aliphatic heterocycles. The van der Waals surface area contributed by atoms with Crippen LogP contribution in [0.15, 0.2) is 46.0 Å². The summed E-state index contributed by atoms with van der Waals surface area (Å²) in [5.74, 6) is -1.46. The third-order valence-corrected chi connectivity index (χ3v) is 5.55. The van der Waals surface area contributed by atoms with Crippen molar-refractivity contribution in [2.24, 2.45) is 5.10 Å². The monoisotopic (exact) mass is 530 g/mol. The fourth-order valence-electron chi connectivity index (χ4n) is 3.43. The summed E-state index contributed by atoms with van der Waals surface area (Å²) in [6.07, 6.45) is 3.15. The van der Waals surface area contributed by atoms with Gasteiger partial charge in [0.25, 0.3) is 5.91 Å². The Kier molecular flexibility index (Phi) is 9.17. The molecule has 9 nitrogen and oxygen atoms in total. The van der Waals surface area contributed by atoms with E-state index in [0.717, 1.165) is 34.1 Å². The topological polar surface area (TPSA) is 118 Å². The molecule has 1 heterocycles. The van der Waals surface area contributed by atoms with Crippen LogP contribution in [-0.4, -0.2) is 49.8 Å². The SMILES string of the molecule is Cc1cc(Br)cc(C)c1NC(=O)COc1cccc(/C=N\NC(=O)C(=O)NC[C@@H]2CCCO2)c1. The summed E-state index contributed by atoms with van der Waals surface area (Å²) in [6.45, 7) is 4.64. The molecule has 0 spiro atoms. The van der Waals surface area contributed by atoms with E-state index in [1.165, 1.54) is 6.21 Å². The molecule has 3 amide bonds. The highest BCUT2D eigenvalue weighted by atomic mass is 79.9. The van der Waals surface area contributed by atoms with Crippen LogP contribution in [0.5, 0.6) is 5.75 Å². The predicted molar refractivity (Wildman–Crippen MR) is 132 cm³/mol. The van der Waals surface area contributed by atoms with Gasteiger partial charge in [0.2, 0.25) is 0 Å². The molecule has 3 rings (SSSR count). The number of aryl methyl sites for hydroxylation is 2. The van der Waals surface area contributed by atoms with Gasteiger partial charge in [0, 0.05) is 23.3 Å². The lowest BCUT2D eigenvalue weighted by Crippen LogP contribution is -2.41. The van der Waals surface area contributed by atoms with Crippen molar-refractivity contribution in [3.63, 3.8) is 0 Å². The lowest BCUT2D eigenvalue weighted by atomic mass is 10.1. The number of hydrogen-bond donors (Lipinski definition) is 3. The number of nitrogens with zero attached hydrogens (tertiary/aromatic N) is 1. The van der Waals surface area contributed by atoms with E-state index in [0.29, 0.717) is 24.5 Å². The molecule has 0 radical (unpaired) electrons.